The third-order valence-corrected chi connectivity index (χ3v) is 8.17. The van der Waals surface area contributed by atoms with Crippen LogP contribution >= 0.6 is 0 Å². The van der Waals surface area contributed by atoms with E-state index in [1.165, 1.54) is 10.4 Å². The number of sulfonamides is 1. The predicted molar refractivity (Wildman–Crippen MR) is 127 cm³/mol. The second-order valence-corrected chi connectivity index (χ2v) is 9.81. The van der Waals surface area contributed by atoms with Crippen LogP contribution in [0.2, 0.25) is 0 Å². The van der Waals surface area contributed by atoms with Crippen molar-refractivity contribution in [3.63, 3.8) is 0 Å². The number of carbonyl (C=O) groups is 1. The number of benzene rings is 2. The average Bonchev–Trinajstić information content (AvgIpc) is 3.06. The number of methoxy groups -OCH3 is 1. The number of anilines is 1. The van der Waals surface area contributed by atoms with Gasteiger partial charge in [-0.05, 0) is 55.3 Å². The Kier molecular flexibility index (Phi) is 7.79. The minimum atomic E-state index is -3.63. The summed E-state index contributed by atoms with van der Waals surface area (Å²) in [7, 11) is -1.99. The minimum absolute atomic E-state index is 0.127. The highest BCUT2D eigenvalue weighted by Gasteiger charge is 2.26. The number of aryl methyl sites for hydroxylation is 1. The summed E-state index contributed by atoms with van der Waals surface area (Å²) < 4.78 is 32.8. The van der Waals surface area contributed by atoms with Gasteiger partial charge in [0.2, 0.25) is 10.0 Å². The second-order valence-electron chi connectivity index (χ2n) is 7.90. The number of rotatable bonds is 7. The fourth-order valence-corrected chi connectivity index (χ4v) is 5.78. The average molecular weight is 460 g/mol. The molecule has 0 spiro atoms. The Hall–Kier alpha value is -2.58. The molecule has 32 heavy (non-hydrogen) atoms. The van der Waals surface area contributed by atoms with Gasteiger partial charge >= 0.3 is 0 Å². The highest BCUT2D eigenvalue weighted by molar-refractivity contribution is 7.89. The number of hydrogen-bond acceptors (Lipinski definition) is 5. The van der Waals surface area contributed by atoms with E-state index in [0.29, 0.717) is 43.9 Å². The molecule has 1 aliphatic rings. The third-order valence-electron chi connectivity index (χ3n) is 5.98. The maximum Gasteiger partial charge on any atom is 0.253 e. The molecule has 2 aromatic rings. The van der Waals surface area contributed by atoms with E-state index in [0.717, 1.165) is 24.4 Å². The molecular formula is C24H33N3O4S. The SMILES string of the molecule is CCN(CC)S(=O)(=O)c1cc(C(=O)N2CCCN(c3ccc(OC)cc3)CC2)ccc1C. The Balaban J connectivity index is 1.77. The highest BCUT2D eigenvalue weighted by atomic mass is 32.2. The van der Waals surface area contributed by atoms with Crippen molar-refractivity contribution in [2.45, 2.75) is 32.1 Å². The van der Waals surface area contributed by atoms with Crippen LogP contribution in [0.25, 0.3) is 0 Å². The van der Waals surface area contributed by atoms with E-state index in [2.05, 4.69) is 4.90 Å². The van der Waals surface area contributed by atoms with Gasteiger partial charge in [-0.2, -0.15) is 4.31 Å². The van der Waals surface area contributed by atoms with Gasteiger partial charge in [-0.1, -0.05) is 19.9 Å². The smallest absolute Gasteiger partial charge is 0.253 e. The zero-order valence-electron chi connectivity index (χ0n) is 19.4. The number of nitrogens with zero attached hydrogens (tertiary/aromatic N) is 3. The van der Waals surface area contributed by atoms with Crippen LogP contribution in [0, 0.1) is 6.92 Å². The van der Waals surface area contributed by atoms with Gasteiger partial charge in [0.25, 0.3) is 5.91 Å². The van der Waals surface area contributed by atoms with Gasteiger partial charge in [0.05, 0.1) is 12.0 Å². The Labute approximate surface area is 191 Å². The lowest BCUT2D eigenvalue weighted by Crippen LogP contribution is -2.35. The number of carbonyl (C=O) groups excluding carboxylic acids is 1. The molecule has 1 heterocycles. The molecule has 3 rings (SSSR count). The Bertz CT molecular complexity index is 1030. The van der Waals surface area contributed by atoms with E-state index in [-0.39, 0.29) is 10.8 Å². The molecule has 1 aliphatic heterocycles. The molecule has 0 atom stereocenters. The van der Waals surface area contributed by atoms with E-state index in [9.17, 15) is 13.2 Å². The first-order valence-electron chi connectivity index (χ1n) is 11.1. The van der Waals surface area contributed by atoms with Crippen molar-refractivity contribution in [1.82, 2.24) is 9.21 Å². The lowest BCUT2D eigenvalue weighted by Gasteiger charge is -2.24. The fraction of sp³-hybridized carbons (Fsp3) is 0.458. The van der Waals surface area contributed by atoms with Gasteiger partial charge in [0.15, 0.2) is 0 Å². The predicted octanol–water partition coefficient (Wildman–Crippen LogP) is 3.39. The zero-order chi connectivity index (χ0) is 23.3. The first-order valence-corrected chi connectivity index (χ1v) is 12.5. The van der Waals surface area contributed by atoms with Gasteiger partial charge < -0.3 is 14.5 Å². The molecule has 2 aromatic carbocycles. The van der Waals surface area contributed by atoms with E-state index >= 15 is 0 Å². The van der Waals surface area contributed by atoms with Gasteiger partial charge in [-0.25, -0.2) is 8.42 Å². The van der Waals surface area contributed by atoms with Crippen LogP contribution < -0.4 is 9.64 Å². The molecule has 1 fully saturated rings. The van der Waals surface area contributed by atoms with Crippen LogP contribution in [0.15, 0.2) is 47.4 Å². The van der Waals surface area contributed by atoms with Crippen molar-refractivity contribution in [2.24, 2.45) is 0 Å². The second kappa shape index (κ2) is 10.4. The molecule has 0 aliphatic carbocycles. The third kappa shape index (κ3) is 5.07. The van der Waals surface area contributed by atoms with Gasteiger partial charge in [-0.15, -0.1) is 0 Å². The van der Waals surface area contributed by atoms with Crippen molar-refractivity contribution < 1.29 is 17.9 Å². The maximum absolute atomic E-state index is 13.3. The van der Waals surface area contributed by atoms with Crippen LogP contribution in [0.1, 0.15) is 36.2 Å². The van der Waals surface area contributed by atoms with Crippen LogP contribution in [-0.2, 0) is 10.0 Å². The standard InChI is InChI=1S/C24H33N3O4S/c1-5-27(6-2)32(29,30)23-18-20(9-8-19(23)3)24(28)26-15-7-14-25(16-17-26)21-10-12-22(31-4)13-11-21/h8-13,18H,5-7,14-17H2,1-4H3. The lowest BCUT2D eigenvalue weighted by atomic mass is 10.1. The molecule has 8 heteroatoms. The van der Waals surface area contributed by atoms with Crippen LogP contribution in [-0.4, -0.2) is 69.9 Å². The van der Waals surface area contributed by atoms with Crippen LogP contribution in [0.5, 0.6) is 5.75 Å². The molecule has 0 unspecified atom stereocenters. The van der Waals surface area contributed by atoms with Gasteiger partial charge in [0, 0.05) is 50.5 Å². The Morgan fingerprint density at radius 2 is 1.69 bits per heavy atom. The molecule has 7 nitrogen and oxygen atoms in total. The molecule has 1 amide bonds. The summed E-state index contributed by atoms with van der Waals surface area (Å²) in [5.41, 5.74) is 2.16. The molecule has 1 saturated heterocycles. The number of hydrogen-bond donors (Lipinski definition) is 0. The van der Waals surface area contributed by atoms with E-state index < -0.39 is 10.0 Å². The zero-order valence-corrected chi connectivity index (χ0v) is 20.2. The molecule has 0 saturated carbocycles. The van der Waals surface area contributed by atoms with E-state index in [4.69, 9.17) is 4.74 Å². The number of ether oxygens (including phenoxy) is 1. The molecule has 0 bridgehead atoms. The first-order chi connectivity index (χ1) is 15.3. The maximum atomic E-state index is 13.3. The van der Waals surface area contributed by atoms with Gasteiger partial charge in [-0.3, -0.25) is 4.79 Å². The summed E-state index contributed by atoms with van der Waals surface area (Å²) >= 11 is 0. The van der Waals surface area contributed by atoms with Crippen molar-refractivity contribution >= 4 is 21.6 Å². The molecular weight excluding hydrogens is 426 g/mol. The normalized spacial score (nSPS) is 15.0. The summed E-state index contributed by atoms with van der Waals surface area (Å²) in [4.78, 5) is 17.6. The quantitative estimate of drug-likeness (QED) is 0.635. The minimum Gasteiger partial charge on any atom is -0.497 e. The molecule has 0 radical (unpaired) electrons. The molecule has 0 N–H and O–H groups in total. The summed E-state index contributed by atoms with van der Waals surface area (Å²) in [6, 6.07) is 12.9. The number of amides is 1. The summed E-state index contributed by atoms with van der Waals surface area (Å²) in [6.45, 7) is 8.97. The first kappa shape index (κ1) is 24.1. The van der Waals surface area contributed by atoms with Crippen LogP contribution in [0.3, 0.4) is 0 Å². The van der Waals surface area contributed by atoms with Crippen molar-refractivity contribution in [1.29, 1.82) is 0 Å². The summed E-state index contributed by atoms with van der Waals surface area (Å²) in [6.07, 6.45) is 0.842. The molecule has 0 aromatic heterocycles. The van der Waals surface area contributed by atoms with E-state index in [1.807, 2.05) is 43.0 Å². The fourth-order valence-electron chi connectivity index (χ4n) is 4.07. The largest absolute Gasteiger partial charge is 0.497 e. The van der Waals surface area contributed by atoms with E-state index in [1.54, 1.807) is 26.2 Å². The Morgan fingerprint density at radius 3 is 2.31 bits per heavy atom. The molecule has 174 valence electrons. The Morgan fingerprint density at radius 1 is 1.00 bits per heavy atom. The lowest BCUT2D eigenvalue weighted by molar-refractivity contribution is 0.0766. The summed E-state index contributed by atoms with van der Waals surface area (Å²) in [5, 5.41) is 0. The highest BCUT2D eigenvalue weighted by Crippen LogP contribution is 2.24. The van der Waals surface area contributed by atoms with Crippen molar-refractivity contribution in [3.05, 3.63) is 53.6 Å². The topological polar surface area (TPSA) is 70.2 Å². The van der Waals surface area contributed by atoms with Gasteiger partial charge in [0.1, 0.15) is 5.75 Å². The van der Waals surface area contributed by atoms with Crippen molar-refractivity contribution in [3.8, 4) is 5.75 Å². The van der Waals surface area contributed by atoms with Crippen LogP contribution in [0.4, 0.5) is 5.69 Å². The summed E-state index contributed by atoms with van der Waals surface area (Å²) in [5.74, 6) is 0.688. The van der Waals surface area contributed by atoms with Crippen molar-refractivity contribution in [2.75, 3.05) is 51.3 Å². The monoisotopic (exact) mass is 459 g/mol.